The van der Waals surface area contributed by atoms with Crippen molar-refractivity contribution in [3.8, 4) is 17.2 Å². The van der Waals surface area contributed by atoms with E-state index >= 15 is 0 Å². The molecule has 0 saturated heterocycles. The van der Waals surface area contributed by atoms with Crippen LogP contribution in [-0.2, 0) is 19.4 Å². The van der Waals surface area contributed by atoms with Crippen LogP contribution in [0.2, 0.25) is 0 Å². The van der Waals surface area contributed by atoms with Gasteiger partial charge in [0.05, 0.1) is 7.11 Å². The quantitative estimate of drug-likeness (QED) is 0.670. The Balaban J connectivity index is 1.59. The minimum Gasteiger partial charge on any atom is -0.508 e. The number of rotatable bonds is 6. The third-order valence-electron chi connectivity index (χ3n) is 5.20. The van der Waals surface area contributed by atoms with E-state index in [2.05, 4.69) is 29.6 Å². The molecule has 1 aliphatic heterocycles. The number of phenols is 1. The molecular weight excluding hydrogens is 350 g/mol. The molecule has 28 heavy (non-hydrogen) atoms. The van der Waals surface area contributed by atoms with Gasteiger partial charge >= 0.3 is 0 Å². The summed E-state index contributed by atoms with van der Waals surface area (Å²) in [5.74, 6) is 1.84. The molecule has 4 heteroatoms. The highest BCUT2D eigenvalue weighted by molar-refractivity contribution is 5.50. The summed E-state index contributed by atoms with van der Waals surface area (Å²) in [5.41, 5.74) is 4.86. The van der Waals surface area contributed by atoms with Crippen molar-refractivity contribution in [3.05, 3.63) is 89.0 Å². The van der Waals surface area contributed by atoms with Gasteiger partial charge in [0.25, 0.3) is 0 Å². The number of fused-ring (bicyclic) bond motifs is 1. The summed E-state index contributed by atoms with van der Waals surface area (Å²) < 4.78 is 11.7. The minimum absolute atomic E-state index is 0.207. The summed E-state index contributed by atoms with van der Waals surface area (Å²) >= 11 is 0. The maximum atomic E-state index is 9.52. The van der Waals surface area contributed by atoms with Gasteiger partial charge in [-0.3, -0.25) is 0 Å². The Morgan fingerprint density at radius 2 is 1.75 bits per heavy atom. The van der Waals surface area contributed by atoms with Crippen LogP contribution in [0, 0.1) is 0 Å². The summed E-state index contributed by atoms with van der Waals surface area (Å²) in [4.78, 5) is 0. The van der Waals surface area contributed by atoms with Crippen molar-refractivity contribution in [3.63, 3.8) is 0 Å². The average Bonchev–Trinajstić information content (AvgIpc) is 2.74. The Morgan fingerprint density at radius 1 is 0.964 bits per heavy atom. The smallest absolute Gasteiger partial charge is 0.162 e. The number of benzene rings is 3. The molecule has 0 fully saturated rings. The number of aromatic hydroxyl groups is 1. The number of nitrogens with one attached hydrogen (secondary N) is 1. The molecule has 4 nitrogen and oxygen atoms in total. The average molecular weight is 375 g/mol. The minimum atomic E-state index is 0.207. The zero-order chi connectivity index (χ0) is 19.3. The van der Waals surface area contributed by atoms with Gasteiger partial charge in [-0.1, -0.05) is 42.5 Å². The Labute approximate surface area is 165 Å². The Bertz CT molecular complexity index is 923. The van der Waals surface area contributed by atoms with Gasteiger partial charge in [0.15, 0.2) is 11.5 Å². The summed E-state index contributed by atoms with van der Waals surface area (Å²) in [6.45, 7) is 1.44. The SMILES string of the molecule is COc1cc2c(cc1OCc1ccccc1)[C@@H](Cc1ccc(O)cc1)NCC2. The van der Waals surface area contributed by atoms with Crippen LogP contribution in [0.15, 0.2) is 66.7 Å². The number of ether oxygens (including phenoxy) is 2. The van der Waals surface area contributed by atoms with Crippen LogP contribution in [0.25, 0.3) is 0 Å². The van der Waals surface area contributed by atoms with E-state index in [-0.39, 0.29) is 6.04 Å². The van der Waals surface area contributed by atoms with Gasteiger partial charge in [-0.05, 0) is 65.9 Å². The van der Waals surface area contributed by atoms with Crippen LogP contribution >= 0.6 is 0 Å². The number of methoxy groups -OCH3 is 1. The van der Waals surface area contributed by atoms with Crippen LogP contribution in [0.1, 0.15) is 28.3 Å². The van der Waals surface area contributed by atoms with Gasteiger partial charge in [0, 0.05) is 6.04 Å². The predicted molar refractivity (Wildman–Crippen MR) is 110 cm³/mol. The topological polar surface area (TPSA) is 50.7 Å². The van der Waals surface area contributed by atoms with Gasteiger partial charge in [-0.25, -0.2) is 0 Å². The van der Waals surface area contributed by atoms with E-state index in [1.807, 2.05) is 30.3 Å². The van der Waals surface area contributed by atoms with Crippen molar-refractivity contribution in [2.75, 3.05) is 13.7 Å². The molecule has 144 valence electrons. The molecule has 0 unspecified atom stereocenters. The molecule has 0 radical (unpaired) electrons. The lowest BCUT2D eigenvalue weighted by Gasteiger charge is -2.28. The molecule has 3 aromatic carbocycles. The molecule has 0 spiro atoms. The van der Waals surface area contributed by atoms with Crippen molar-refractivity contribution < 1.29 is 14.6 Å². The van der Waals surface area contributed by atoms with E-state index in [1.54, 1.807) is 19.2 Å². The first kappa shape index (κ1) is 18.4. The number of phenolic OH excluding ortho intramolecular Hbond substituents is 1. The summed E-state index contributed by atoms with van der Waals surface area (Å²) in [5, 5.41) is 13.1. The van der Waals surface area contributed by atoms with E-state index in [4.69, 9.17) is 9.47 Å². The molecule has 0 bridgehead atoms. The lowest BCUT2D eigenvalue weighted by atomic mass is 9.90. The highest BCUT2D eigenvalue weighted by atomic mass is 16.5. The highest BCUT2D eigenvalue weighted by Crippen LogP contribution is 2.37. The monoisotopic (exact) mass is 375 g/mol. The second-order valence-corrected chi connectivity index (χ2v) is 7.10. The fraction of sp³-hybridized carbons (Fsp3) is 0.250. The van der Waals surface area contributed by atoms with Crippen LogP contribution in [-0.4, -0.2) is 18.8 Å². The van der Waals surface area contributed by atoms with Crippen LogP contribution in [0.5, 0.6) is 17.2 Å². The number of hydrogen-bond acceptors (Lipinski definition) is 4. The molecule has 0 saturated carbocycles. The van der Waals surface area contributed by atoms with Gasteiger partial charge < -0.3 is 19.9 Å². The van der Waals surface area contributed by atoms with E-state index in [1.165, 1.54) is 16.7 Å². The molecule has 1 heterocycles. The first-order chi connectivity index (χ1) is 13.7. The highest BCUT2D eigenvalue weighted by Gasteiger charge is 2.23. The largest absolute Gasteiger partial charge is 0.508 e. The van der Waals surface area contributed by atoms with E-state index in [9.17, 15) is 5.11 Å². The third kappa shape index (κ3) is 4.12. The van der Waals surface area contributed by atoms with Crippen molar-refractivity contribution >= 4 is 0 Å². The first-order valence-corrected chi connectivity index (χ1v) is 9.62. The van der Waals surface area contributed by atoms with Gasteiger partial charge in [-0.15, -0.1) is 0 Å². The molecule has 1 atom stereocenters. The molecule has 0 aliphatic carbocycles. The molecule has 0 aromatic heterocycles. The van der Waals surface area contributed by atoms with Crippen molar-refractivity contribution in [1.82, 2.24) is 5.32 Å². The van der Waals surface area contributed by atoms with Crippen molar-refractivity contribution in [1.29, 1.82) is 0 Å². The normalized spacial score (nSPS) is 15.7. The predicted octanol–water partition coefficient (Wildman–Crippen LogP) is 4.41. The van der Waals surface area contributed by atoms with E-state index in [0.717, 1.165) is 36.4 Å². The van der Waals surface area contributed by atoms with Crippen LogP contribution in [0.4, 0.5) is 0 Å². The van der Waals surface area contributed by atoms with E-state index in [0.29, 0.717) is 12.4 Å². The fourth-order valence-corrected chi connectivity index (χ4v) is 3.71. The van der Waals surface area contributed by atoms with E-state index < -0.39 is 0 Å². The first-order valence-electron chi connectivity index (χ1n) is 9.62. The van der Waals surface area contributed by atoms with Crippen LogP contribution in [0.3, 0.4) is 0 Å². The molecule has 1 aliphatic rings. The molecular formula is C24H25NO3. The maximum absolute atomic E-state index is 9.52. The fourth-order valence-electron chi connectivity index (χ4n) is 3.71. The second-order valence-electron chi connectivity index (χ2n) is 7.10. The summed E-state index contributed by atoms with van der Waals surface area (Å²) in [6.07, 6.45) is 1.83. The summed E-state index contributed by atoms with van der Waals surface area (Å²) in [7, 11) is 1.69. The Morgan fingerprint density at radius 3 is 2.50 bits per heavy atom. The van der Waals surface area contributed by atoms with Crippen molar-refractivity contribution in [2.45, 2.75) is 25.5 Å². The van der Waals surface area contributed by atoms with Gasteiger partial charge in [-0.2, -0.15) is 0 Å². The zero-order valence-corrected chi connectivity index (χ0v) is 16.0. The molecule has 4 rings (SSSR count). The zero-order valence-electron chi connectivity index (χ0n) is 16.0. The third-order valence-corrected chi connectivity index (χ3v) is 5.20. The lowest BCUT2D eigenvalue weighted by Crippen LogP contribution is -2.31. The molecule has 3 aromatic rings. The Hall–Kier alpha value is -2.98. The maximum Gasteiger partial charge on any atom is 0.162 e. The van der Waals surface area contributed by atoms with Gasteiger partial charge in [0.2, 0.25) is 0 Å². The van der Waals surface area contributed by atoms with Gasteiger partial charge in [0.1, 0.15) is 12.4 Å². The molecule has 2 N–H and O–H groups in total. The molecule has 0 amide bonds. The summed E-state index contributed by atoms with van der Waals surface area (Å²) in [6, 6.07) is 22.0. The standard InChI is InChI=1S/C24H25NO3/c1-27-23-14-19-11-12-25-22(13-17-7-9-20(26)10-8-17)21(19)15-24(23)28-16-18-5-3-2-4-6-18/h2-10,14-15,22,25-26H,11-13,16H2,1H3/t22-/m1/s1. The Kier molecular flexibility index (Phi) is 5.49. The van der Waals surface area contributed by atoms with Crippen molar-refractivity contribution in [2.24, 2.45) is 0 Å². The number of hydrogen-bond donors (Lipinski definition) is 2. The van der Waals surface area contributed by atoms with Crippen LogP contribution < -0.4 is 14.8 Å². The lowest BCUT2D eigenvalue weighted by molar-refractivity contribution is 0.283. The second kappa shape index (κ2) is 8.36.